The Labute approximate surface area is 102 Å². The molecule has 0 bridgehead atoms. The molecular weight excluding hydrogens is 242 g/mol. The molecular formula is C12H12F2N2O2. The molecule has 0 aliphatic heterocycles. The molecule has 4 nitrogen and oxygen atoms in total. The van der Waals surface area contributed by atoms with Crippen molar-refractivity contribution in [1.29, 1.82) is 0 Å². The molecule has 1 aromatic heterocycles. The largest absolute Gasteiger partial charge is 0.448 e. The summed E-state index contributed by atoms with van der Waals surface area (Å²) in [5, 5.41) is 12.7. The number of benzene rings is 1. The van der Waals surface area contributed by atoms with E-state index in [0.717, 1.165) is 12.1 Å². The summed E-state index contributed by atoms with van der Waals surface area (Å²) in [6.45, 7) is 2.09. The number of halogens is 2. The first-order chi connectivity index (χ1) is 8.63. The van der Waals surface area contributed by atoms with Crippen molar-refractivity contribution >= 4 is 0 Å². The van der Waals surface area contributed by atoms with E-state index in [1.54, 1.807) is 10.9 Å². The molecule has 0 radical (unpaired) electrons. The molecule has 0 amide bonds. The number of aliphatic hydroxyl groups is 1. The van der Waals surface area contributed by atoms with Crippen LogP contribution < -0.4 is 4.74 Å². The maximum Gasteiger partial charge on any atom is 0.198 e. The third-order valence-corrected chi connectivity index (χ3v) is 2.39. The molecule has 2 rings (SSSR count). The minimum atomic E-state index is -0.858. The second kappa shape index (κ2) is 5.14. The van der Waals surface area contributed by atoms with Gasteiger partial charge in [-0.25, -0.2) is 8.78 Å². The van der Waals surface area contributed by atoms with Crippen LogP contribution in [-0.4, -0.2) is 14.9 Å². The SMILES string of the molecule is CCn1cc(Oc2c(F)cc(CO)cc2F)cn1. The van der Waals surface area contributed by atoms with Crippen LogP contribution in [0, 0.1) is 11.6 Å². The van der Waals surface area contributed by atoms with E-state index in [0.29, 0.717) is 6.54 Å². The normalized spacial score (nSPS) is 10.7. The molecule has 1 aromatic carbocycles. The minimum Gasteiger partial charge on any atom is -0.448 e. The van der Waals surface area contributed by atoms with E-state index in [2.05, 4.69) is 5.10 Å². The summed E-state index contributed by atoms with van der Waals surface area (Å²) >= 11 is 0. The predicted octanol–water partition coefficient (Wildman–Crippen LogP) is 2.47. The second-order valence-corrected chi connectivity index (χ2v) is 3.68. The van der Waals surface area contributed by atoms with E-state index in [4.69, 9.17) is 9.84 Å². The predicted molar refractivity (Wildman–Crippen MR) is 60.3 cm³/mol. The fraction of sp³-hybridized carbons (Fsp3) is 0.250. The van der Waals surface area contributed by atoms with Crippen molar-refractivity contribution in [3.63, 3.8) is 0 Å². The highest BCUT2D eigenvalue weighted by atomic mass is 19.1. The van der Waals surface area contributed by atoms with Crippen LogP contribution in [0.2, 0.25) is 0 Å². The lowest BCUT2D eigenvalue weighted by atomic mass is 10.2. The second-order valence-electron chi connectivity index (χ2n) is 3.68. The molecule has 18 heavy (non-hydrogen) atoms. The van der Waals surface area contributed by atoms with Gasteiger partial charge in [0.15, 0.2) is 23.1 Å². The summed E-state index contributed by atoms with van der Waals surface area (Å²) in [5.41, 5.74) is 0.154. The summed E-state index contributed by atoms with van der Waals surface area (Å²) in [5.74, 6) is -1.96. The number of aliphatic hydroxyl groups excluding tert-OH is 1. The summed E-state index contributed by atoms with van der Waals surface area (Å²) < 4.78 is 33.8. The first-order valence-electron chi connectivity index (χ1n) is 5.43. The monoisotopic (exact) mass is 254 g/mol. The average molecular weight is 254 g/mol. The van der Waals surface area contributed by atoms with Gasteiger partial charge in [-0.15, -0.1) is 0 Å². The van der Waals surface area contributed by atoms with Crippen molar-refractivity contribution in [1.82, 2.24) is 9.78 Å². The number of aryl methyl sites for hydroxylation is 1. The topological polar surface area (TPSA) is 47.3 Å². The van der Waals surface area contributed by atoms with Gasteiger partial charge >= 0.3 is 0 Å². The fourth-order valence-corrected chi connectivity index (χ4v) is 1.49. The molecule has 2 aromatic rings. The van der Waals surface area contributed by atoms with Crippen molar-refractivity contribution in [3.8, 4) is 11.5 Å². The van der Waals surface area contributed by atoms with Crippen LogP contribution >= 0.6 is 0 Å². The van der Waals surface area contributed by atoms with Gasteiger partial charge in [0.25, 0.3) is 0 Å². The standard InChI is InChI=1S/C12H12F2N2O2/c1-2-16-6-9(5-15-16)18-12-10(13)3-8(7-17)4-11(12)14/h3-6,17H,2,7H2,1H3. The number of hydrogen-bond acceptors (Lipinski definition) is 3. The van der Waals surface area contributed by atoms with Gasteiger partial charge in [0.05, 0.1) is 19.0 Å². The smallest absolute Gasteiger partial charge is 0.198 e. The average Bonchev–Trinajstić information content (AvgIpc) is 2.81. The highest BCUT2D eigenvalue weighted by Crippen LogP contribution is 2.28. The molecule has 0 aliphatic carbocycles. The highest BCUT2D eigenvalue weighted by molar-refractivity contribution is 5.34. The van der Waals surface area contributed by atoms with E-state index in [9.17, 15) is 8.78 Å². The summed E-state index contributed by atoms with van der Waals surface area (Å²) in [7, 11) is 0. The lowest BCUT2D eigenvalue weighted by Crippen LogP contribution is -1.95. The van der Waals surface area contributed by atoms with Gasteiger partial charge in [-0.1, -0.05) is 0 Å². The Morgan fingerprint density at radius 1 is 1.33 bits per heavy atom. The third-order valence-electron chi connectivity index (χ3n) is 2.39. The van der Waals surface area contributed by atoms with Crippen molar-refractivity contribution in [2.45, 2.75) is 20.1 Å². The van der Waals surface area contributed by atoms with Gasteiger partial charge in [-0.3, -0.25) is 4.68 Å². The molecule has 1 heterocycles. The Morgan fingerprint density at radius 3 is 2.50 bits per heavy atom. The van der Waals surface area contributed by atoms with E-state index in [1.807, 2.05) is 6.92 Å². The van der Waals surface area contributed by atoms with Crippen molar-refractivity contribution in [3.05, 3.63) is 41.7 Å². The zero-order valence-electron chi connectivity index (χ0n) is 9.73. The molecule has 0 aliphatic rings. The van der Waals surface area contributed by atoms with E-state index < -0.39 is 24.0 Å². The maximum atomic E-state index is 13.6. The summed E-state index contributed by atoms with van der Waals surface area (Å²) in [6.07, 6.45) is 2.92. The van der Waals surface area contributed by atoms with Crippen LogP contribution in [-0.2, 0) is 13.2 Å². The van der Waals surface area contributed by atoms with Gasteiger partial charge in [0.2, 0.25) is 0 Å². The van der Waals surface area contributed by atoms with Crippen LogP contribution in [0.3, 0.4) is 0 Å². The molecule has 0 fully saturated rings. The Balaban J connectivity index is 2.28. The molecule has 0 spiro atoms. The van der Waals surface area contributed by atoms with Crippen molar-refractivity contribution < 1.29 is 18.6 Å². The van der Waals surface area contributed by atoms with E-state index in [1.165, 1.54) is 6.20 Å². The first kappa shape index (κ1) is 12.5. The zero-order chi connectivity index (χ0) is 13.1. The van der Waals surface area contributed by atoms with Crippen LogP contribution in [0.5, 0.6) is 11.5 Å². The third kappa shape index (κ3) is 2.48. The van der Waals surface area contributed by atoms with Gasteiger partial charge in [-0.05, 0) is 24.6 Å². The number of nitrogens with zero attached hydrogens (tertiary/aromatic N) is 2. The highest BCUT2D eigenvalue weighted by Gasteiger charge is 2.14. The quantitative estimate of drug-likeness (QED) is 0.911. The van der Waals surface area contributed by atoms with Gasteiger partial charge in [0, 0.05) is 6.54 Å². The number of ether oxygens (including phenoxy) is 1. The molecule has 0 saturated carbocycles. The Bertz CT molecular complexity index is 532. The lowest BCUT2D eigenvalue weighted by molar-refractivity contribution is 0.279. The van der Waals surface area contributed by atoms with Crippen molar-refractivity contribution in [2.75, 3.05) is 0 Å². The van der Waals surface area contributed by atoms with Gasteiger partial charge < -0.3 is 9.84 Å². The van der Waals surface area contributed by atoms with Gasteiger partial charge in [0.1, 0.15) is 0 Å². The molecule has 0 saturated heterocycles. The van der Waals surface area contributed by atoms with Gasteiger partial charge in [-0.2, -0.15) is 5.10 Å². The number of rotatable bonds is 4. The molecule has 0 atom stereocenters. The zero-order valence-corrected chi connectivity index (χ0v) is 9.73. The molecule has 96 valence electrons. The number of aromatic nitrogens is 2. The first-order valence-corrected chi connectivity index (χ1v) is 5.43. The van der Waals surface area contributed by atoms with E-state index in [-0.39, 0.29) is 11.3 Å². The lowest BCUT2D eigenvalue weighted by Gasteiger charge is -2.07. The molecule has 1 N–H and O–H groups in total. The number of hydrogen-bond donors (Lipinski definition) is 1. The van der Waals surface area contributed by atoms with Crippen LogP contribution in [0.4, 0.5) is 8.78 Å². The summed E-state index contributed by atoms with van der Waals surface area (Å²) in [6, 6.07) is 2.06. The van der Waals surface area contributed by atoms with Crippen molar-refractivity contribution in [2.24, 2.45) is 0 Å². The summed E-state index contributed by atoms with van der Waals surface area (Å²) in [4.78, 5) is 0. The van der Waals surface area contributed by atoms with E-state index >= 15 is 0 Å². The van der Waals surface area contributed by atoms with Crippen LogP contribution in [0.15, 0.2) is 24.5 Å². The Morgan fingerprint density at radius 2 is 2.00 bits per heavy atom. The fourth-order valence-electron chi connectivity index (χ4n) is 1.49. The molecule has 6 heteroatoms. The van der Waals surface area contributed by atoms with Crippen LogP contribution in [0.1, 0.15) is 12.5 Å². The minimum absolute atomic E-state index is 0.154. The Kier molecular flexibility index (Phi) is 3.57. The molecule has 0 unspecified atom stereocenters. The van der Waals surface area contributed by atoms with Crippen LogP contribution in [0.25, 0.3) is 0 Å². The Hall–Kier alpha value is -1.95. The maximum absolute atomic E-state index is 13.6.